The number of nitrogens with one attached hydrogen (secondary N) is 1. The first-order valence-corrected chi connectivity index (χ1v) is 6.19. The average molecular weight is 268 g/mol. The Balaban J connectivity index is 2.29. The predicted molar refractivity (Wildman–Crippen MR) is 67.7 cm³/mol. The highest BCUT2D eigenvalue weighted by molar-refractivity contribution is 6.35. The average Bonchev–Trinajstić information content (AvgIpc) is 2.52. The molecule has 1 heterocycles. The molecule has 4 nitrogen and oxygen atoms in total. The molecule has 0 saturated heterocycles. The monoisotopic (exact) mass is 267 g/mol. The summed E-state index contributed by atoms with van der Waals surface area (Å²) in [6, 6.07) is 5.08. The summed E-state index contributed by atoms with van der Waals surface area (Å²) in [6.45, 7) is 1.85. The Bertz CT molecular complexity index is 487. The van der Waals surface area contributed by atoms with Crippen LogP contribution in [0.25, 0.3) is 0 Å². The van der Waals surface area contributed by atoms with Gasteiger partial charge in [0.2, 0.25) is 5.78 Å². The number of Topliss-reactive ketones (excluding diaryl/α,β-unsaturated/α-hetero) is 1. The first-order valence-electron chi connectivity index (χ1n) is 5.81. The van der Waals surface area contributed by atoms with E-state index in [2.05, 4.69) is 5.32 Å². The van der Waals surface area contributed by atoms with E-state index < -0.39 is 11.7 Å². The van der Waals surface area contributed by atoms with Crippen LogP contribution in [0.4, 0.5) is 0 Å². The Morgan fingerprint density at radius 3 is 2.94 bits per heavy atom. The van der Waals surface area contributed by atoms with Gasteiger partial charge in [0.05, 0.1) is 12.6 Å². The van der Waals surface area contributed by atoms with Gasteiger partial charge in [-0.25, -0.2) is 0 Å². The van der Waals surface area contributed by atoms with Crippen LogP contribution in [0.3, 0.4) is 0 Å². The highest BCUT2D eigenvalue weighted by atomic mass is 35.5. The number of rotatable bonds is 2. The first-order chi connectivity index (χ1) is 8.58. The number of fused-ring (bicyclic) bond motifs is 1. The molecule has 1 N–H and O–H groups in total. The highest BCUT2D eigenvalue weighted by Crippen LogP contribution is 2.33. The number of amides is 1. The van der Waals surface area contributed by atoms with Gasteiger partial charge in [0.15, 0.2) is 0 Å². The maximum atomic E-state index is 11.5. The molecular weight excluding hydrogens is 254 g/mol. The molecule has 18 heavy (non-hydrogen) atoms. The molecule has 0 spiro atoms. The first kappa shape index (κ1) is 12.9. The van der Waals surface area contributed by atoms with Gasteiger partial charge in [0.1, 0.15) is 5.75 Å². The number of ether oxygens (including phenoxy) is 1. The summed E-state index contributed by atoms with van der Waals surface area (Å²) in [7, 11) is 0. The van der Waals surface area contributed by atoms with Crippen molar-refractivity contribution in [3.8, 4) is 5.75 Å². The number of ketones is 1. The molecule has 0 saturated carbocycles. The zero-order valence-electron chi connectivity index (χ0n) is 10.0. The summed E-state index contributed by atoms with van der Waals surface area (Å²) in [5, 5.41) is 3.30. The molecule has 1 aliphatic heterocycles. The van der Waals surface area contributed by atoms with Gasteiger partial charge in [-0.1, -0.05) is 11.6 Å². The molecule has 0 radical (unpaired) electrons. The molecule has 0 bridgehead atoms. The van der Waals surface area contributed by atoms with E-state index in [1.165, 1.54) is 6.92 Å². The minimum Gasteiger partial charge on any atom is -0.493 e. The largest absolute Gasteiger partial charge is 0.493 e. The van der Waals surface area contributed by atoms with E-state index in [-0.39, 0.29) is 6.04 Å². The van der Waals surface area contributed by atoms with Crippen molar-refractivity contribution in [1.82, 2.24) is 5.32 Å². The van der Waals surface area contributed by atoms with Crippen LogP contribution >= 0.6 is 11.6 Å². The van der Waals surface area contributed by atoms with Crippen LogP contribution in [0.2, 0.25) is 5.02 Å². The second kappa shape index (κ2) is 5.40. The number of halogens is 1. The van der Waals surface area contributed by atoms with Crippen LogP contribution in [0.5, 0.6) is 5.75 Å². The minimum absolute atomic E-state index is 0.224. The predicted octanol–water partition coefficient (Wildman–Crippen LogP) is 2.26. The molecule has 1 aromatic rings. The van der Waals surface area contributed by atoms with Gasteiger partial charge in [-0.05, 0) is 31.0 Å². The Kier molecular flexibility index (Phi) is 3.87. The second-order valence-electron chi connectivity index (χ2n) is 4.26. The van der Waals surface area contributed by atoms with E-state index in [0.29, 0.717) is 17.4 Å². The van der Waals surface area contributed by atoms with Crippen LogP contribution in [0.15, 0.2) is 18.2 Å². The lowest BCUT2D eigenvalue weighted by Crippen LogP contribution is -2.32. The topological polar surface area (TPSA) is 55.4 Å². The highest BCUT2D eigenvalue weighted by Gasteiger charge is 2.23. The van der Waals surface area contributed by atoms with Crippen molar-refractivity contribution >= 4 is 23.3 Å². The molecule has 1 atom stereocenters. The normalized spacial score (nSPS) is 18.2. The smallest absolute Gasteiger partial charge is 0.287 e. The van der Waals surface area contributed by atoms with Gasteiger partial charge >= 0.3 is 0 Å². The standard InChI is InChI=1S/C13H14ClNO3/c1-8(16)13(17)15-11-3-2-6-18-12-5-4-9(14)7-10(11)12/h4-5,7,11H,2-3,6H2,1H3,(H,15,17). The van der Waals surface area contributed by atoms with E-state index in [0.717, 1.165) is 18.4 Å². The van der Waals surface area contributed by atoms with Crippen molar-refractivity contribution in [3.05, 3.63) is 28.8 Å². The molecule has 5 heteroatoms. The molecule has 0 aromatic heterocycles. The lowest BCUT2D eigenvalue weighted by molar-refractivity contribution is -0.137. The number of hydrogen-bond donors (Lipinski definition) is 1. The number of benzene rings is 1. The quantitative estimate of drug-likeness (QED) is 0.836. The van der Waals surface area contributed by atoms with Crippen LogP contribution < -0.4 is 10.1 Å². The number of hydrogen-bond acceptors (Lipinski definition) is 3. The van der Waals surface area contributed by atoms with Crippen LogP contribution in [0.1, 0.15) is 31.4 Å². The molecule has 96 valence electrons. The Hall–Kier alpha value is -1.55. The molecule has 1 unspecified atom stereocenters. The van der Waals surface area contributed by atoms with Crippen LogP contribution in [-0.4, -0.2) is 18.3 Å². The summed E-state index contributed by atoms with van der Waals surface area (Å²) in [4.78, 5) is 22.5. The molecule has 1 aliphatic rings. The van der Waals surface area contributed by atoms with Gasteiger partial charge < -0.3 is 10.1 Å². The SMILES string of the molecule is CC(=O)C(=O)NC1CCCOc2ccc(Cl)cc21. The second-order valence-corrected chi connectivity index (χ2v) is 4.69. The van der Waals surface area contributed by atoms with Crippen LogP contribution in [0, 0.1) is 0 Å². The summed E-state index contributed by atoms with van der Waals surface area (Å²) in [5.41, 5.74) is 0.828. The van der Waals surface area contributed by atoms with Crippen molar-refractivity contribution in [2.24, 2.45) is 0 Å². The third kappa shape index (κ3) is 2.82. The van der Waals surface area contributed by atoms with E-state index in [4.69, 9.17) is 16.3 Å². The Morgan fingerprint density at radius 2 is 2.22 bits per heavy atom. The zero-order valence-corrected chi connectivity index (χ0v) is 10.8. The summed E-state index contributed by atoms with van der Waals surface area (Å²) in [6.07, 6.45) is 1.54. The van der Waals surface area contributed by atoms with Crippen LogP contribution in [-0.2, 0) is 9.59 Å². The Labute approximate surface area is 110 Å². The van der Waals surface area contributed by atoms with Crippen molar-refractivity contribution in [3.63, 3.8) is 0 Å². The number of carbonyl (C=O) groups excluding carboxylic acids is 2. The third-order valence-corrected chi connectivity index (χ3v) is 3.10. The van der Waals surface area contributed by atoms with Crippen molar-refractivity contribution in [1.29, 1.82) is 0 Å². The molecule has 1 aromatic carbocycles. The molecule has 0 fully saturated rings. The van der Waals surface area contributed by atoms with E-state index in [1.54, 1.807) is 18.2 Å². The van der Waals surface area contributed by atoms with Crippen molar-refractivity contribution < 1.29 is 14.3 Å². The summed E-state index contributed by atoms with van der Waals surface area (Å²) < 4.78 is 5.58. The fraction of sp³-hybridized carbons (Fsp3) is 0.385. The lowest BCUT2D eigenvalue weighted by atomic mass is 10.0. The fourth-order valence-corrected chi connectivity index (χ4v) is 2.14. The van der Waals surface area contributed by atoms with Gasteiger partial charge in [-0.15, -0.1) is 0 Å². The third-order valence-electron chi connectivity index (χ3n) is 2.87. The van der Waals surface area contributed by atoms with E-state index >= 15 is 0 Å². The number of carbonyl (C=O) groups is 2. The van der Waals surface area contributed by atoms with Gasteiger partial charge in [-0.2, -0.15) is 0 Å². The fourth-order valence-electron chi connectivity index (χ4n) is 1.96. The minimum atomic E-state index is -0.576. The molecular formula is C13H14ClNO3. The summed E-state index contributed by atoms with van der Waals surface area (Å²) in [5.74, 6) is -0.359. The molecule has 0 aliphatic carbocycles. The molecule has 2 rings (SSSR count). The maximum Gasteiger partial charge on any atom is 0.287 e. The molecule has 1 amide bonds. The van der Waals surface area contributed by atoms with Crippen molar-refractivity contribution in [2.45, 2.75) is 25.8 Å². The van der Waals surface area contributed by atoms with E-state index in [9.17, 15) is 9.59 Å². The summed E-state index contributed by atoms with van der Waals surface area (Å²) >= 11 is 5.96. The Morgan fingerprint density at radius 1 is 1.44 bits per heavy atom. The van der Waals surface area contributed by atoms with Crippen molar-refractivity contribution in [2.75, 3.05) is 6.61 Å². The maximum absolute atomic E-state index is 11.5. The zero-order chi connectivity index (χ0) is 13.1. The lowest BCUT2D eigenvalue weighted by Gasteiger charge is -2.17. The van der Waals surface area contributed by atoms with Gasteiger partial charge in [0, 0.05) is 17.5 Å². The van der Waals surface area contributed by atoms with E-state index in [1.807, 2.05) is 0 Å². The van der Waals surface area contributed by atoms with Gasteiger partial charge in [-0.3, -0.25) is 9.59 Å². The van der Waals surface area contributed by atoms with Gasteiger partial charge in [0.25, 0.3) is 5.91 Å².